The van der Waals surface area contributed by atoms with Gasteiger partial charge in [0.05, 0.1) is 0 Å². The Balaban J connectivity index is 2.25. The quantitative estimate of drug-likeness (QED) is 0.763. The van der Waals surface area contributed by atoms with Gasteiger partial charge in [-0.3, -0.25) is 4.79 Å². The smallest absolute Gasteiger partial charge is 0.162 e. The summed E-state index contributed by atoms with van der Waals surface area (Å²) >= 11 is 1.53. The van der Waals surface area contributed by atoms with E-state index in [1.165, 1.54) is 17.3 Å². The van der Waals surface area contributed by atoms with Crippen molar-refractivity contribution in [3.63, 3.8) is 0 Å². The zero-order valence-corrected chi connectivity index (χ0v) is 13.1. The van der Waals surface area contributed by atoms with Crippen molar-refractivity contribution in [1.29, 1.82) is 0 Å². The van der Waals surface area contributed by atoms with Gasteiger partial charge in [0.15, 0.2) is 5.78 Å². The summed E-state index contributed by atoms with van der Waals surface area (Å²) in [5, 5.41) is 0.767. The van der Waals surface area contributed by atoms with Crippen molar-refractivity contribution in [2.24, 2.45) is 0 Å². The first-order chi connectivity index (χ1) is 9.38. The predicted molar refractivity (Wildman–Crippen MR) is 83.5 cm³/mol. The van der Waals surface area contributed by atoms with Crippen molar-refractivity contribution in [3.05, 3.63) is 53.7 Å². The fraction of sp³-hybridized carbons (Fsp3) is 0.294. The molecule has 0 amide bonds. The van der Waals surface area contributed by atoms with Crippen molar-refractivity contribution in [2.45, 2.75) is 43.0 Å². The van der Waals surface area contributed by atoms with E-state index in [1.807, 2.05) is 6.07 Å². The van der Waals surface area contributed by atoms with Crippen LogP contribution < -0.4 is 0 Å². The van der Waals surface area contributed by atoms with Gasteiger partial charge >= 0.3 is 0 Å². The normalized spacial score (nSPS) is 11.4. The highest BCUT2D eigenvalue weighted by atomic mass is 32.2. The molecule has 1 aromatic heterocycles. The zero-order valence-electron chi connectivity index (χ0n) is 12.3. The Kier molecular flexibility index (Phi) is 4.29. The summed E-state index contributed by atoms with van der Waals surface area (Å²) in [6.07, 6.45) is 1.72. The van der Waals surface area contributed by atoms with E-state index in [0.29, 0.717) is 5.56 Å². The molecule has 0 saturated heterocycles. The van der Waals surface area contributed by atoms with Gasteiger partial charge in [-0.05, 0) is 42.2 Å². The molecule has 0 saturated carbocycles. The molecule has 2 rings (SSSR count). The summed E-state index contributed by atoms with van der Waals surface area (Å²) in [7, 11) is 0. The van der Waals surface area contributed by atoms with Crippen LogP contribution in [-0.2, 0) is 5.41 Å². The number of carbonyl (C=O) groups excluding carboxylic acids is 1. The Morgan fingerprint density at radius 3 is 2.30 bits per heavy atom. The first-order valence-electron chi connectivity index (χ1n) is 6.62. The van der Waals surface area contributed by atoms with E-state index < -0.39 is 0 Å². The van der Waals surface area contributed by atoms with E-state index in [9.17, 15) is 4.79 Å². The Labute approximate surface area is 124 Å². The van der Waals surface area contributed by atoms with E-state index >= 15 is 0 Å². The summed E-state index contributed by atoms with van der Waals surface area (Å²) in [6, 6.07) is 12.1. The lowest BCUT2D eigenvalue weighted by atomic mass is 9.87. The number of rotatable bonds is 3. The van der Waals surface area contributed by atoms with Gasteiger partial charge in [0, 0.05) is 16.7 Å². The number of Topliss-reactive ketones (excluding diaryl/α,β-unsaturated/α-hetero) is 1. The molecule has 0 aliphatic carbocycles. The highest BCUT2D eigenvalue weighted by Crippen LogP contribution is 2.31. The molecular weight excluding hydrogens is 266 g/mol. The summed E-state index contributed by atoms with van der Waals surface area (Å²) in [6.45, 7) is 8.16. The topological polar surface area (TPSA) is 30.0 Å². The molecule has 0 aliphatic rings. The summed E-state index contributed by atoms with van der Waals surface area (Å²) in [5.41, 5.74) is 2.13. The minimum atomic E-state index is 0.0481. The first kappa shape index (κ1) is 14.8. The Morgan fingerprint density at radius 1 is 1.10 bits per heavy atom. The number of aromatic nitrogens is 1. The van der Waals surface area contributed by atoms with Crippen molar-refractivity contribution < 1.29 is 4.79 Å². The van der Waals surface area contributed by atoms with Crippen molar-refractivity contribution >= 4 is 17.5 Å². The second-order valence-electron chi connectivity index (χ2n) is 5.79. The van der Waals surface area contributed by atoms with Crippen LogP contribution in [-0.4, -0.2) is 10.8 Å². The van der Waals surface area contributed by atoms with Gasteiger partial charge in [0.25, 0.3) is 0 Å². The molecule has 1 heterocycles. The fourth-order valence-corrected chi connectivity index (χ4v) is 2.81. The third-order valence-electron chi connectivity index (χ3n) is 3.09. The maximum atomic E-state index is 11.6. The monoisotopic (exact) mass is 285 g/mol. The molecule has 20 heavy (non-hydrogen) atoms. The van der Waals surface area contributed by atoms with Gasteiger partial charge in [-0.15, -0.1) is 0 Å². The average Bonchev–Trinajstić information content (AvgIpc) is 2.38. The third-order valence-corrected chi connectivity index (χ3v) is 4.11. The largest absolute Gasteiger partial charge is 0.294 e. The molecule has 2 nitrogen and oxygen atoms in total. The highest BCUT2D eigenvalue weighted by molar-refractivity contribution is 7.99. The van der Waals surface area contributed by atoms with Crippen LogP contribution in [0.15, 0.2) is 52.5 Å². The van der Waals surface area contributed by atoms with Gasteiger partial charge < -0.3 is 0 Å². The Hall–Kier alpha value is -1.61. The lowest BCUT2D eigenvalue weighted by Gasteiger charge is -2.19. The molecule has 3 heteroatoms. The zero-order chi connectivity index (χ0) is 14.8. The highest BCUT2D eigenvalue weighted by Gasteiger charge is 2.14. The number of pyridine rings is 1. The number of hydrogen-bond donors (Lipinski definition) is 0. The second kappa shape index (κ2) is 5.80. The van der Waals surface area contributed by atoms with E-state index in [1.54, 1.807) is 19.2 Å². The van der Waals surface area contributed by atoms with E-state index in [-0.39, 0.29) is 11.2 Å². The molecule has 1 aromatic carbocycles. The van der Waals surface area contributed by atoms with Gasteiger partial charge in [-0.1, -0.05) is 44.7 Å². The Bertz CT molecular complexity index is 612. The number of carbonyl (C=O) groups is 1. The molecule has 0 unspecified atom stereocenters. The molecule has 0 bridgehead atoms. The van der Waals surface area contributed by atoms with Crippen LogP contribution in [0.2, 0.25) is 0 Å². The van der Waals surface area contributed by atoms with Crippen molar-refractivity contribution in [3.8, 4) is 0 Å². The van der Waals surface area contributed by atoms with Crippen molar-refractivity contribution in [2.75, 3.05) is 0 Å². The molecule has 0 aliphatic heterocycles. The van der Waals surface area contributed by atoms with Gasteiger partial charge in [0.2, 0.25) is 0 Å². The maximum Gasteiger partial charge on any atom is 0.162 e. The molecule has 0 fully saturated rings. The SMILES string of the molecule is CC(=O)c1cccnc1Sc1ccc(C(C)(C)C)cc1. The first-order valence-corrected chi connectivity index (χ1v) is 7.44. The predicted octanol–water partition coefficient (Wildman–Crippen LogP) is 4.73. The minimum absolute atomic E-state index is 0.0481. The molecule has 2 aromatic rings. The molecule has 104 valence electrons. The average molecular weight is 285 g/mol. The standard InChI is InChI=1S/C17H19NOS/c1-12(19)15-6-5-11-18-16(15)20-14-9-7-13(8-10-14)17(2,3)4/h5-11H,1-4H3. The van der Waals surface area contributed by atoms with Crippen LogP contribution in [0.1, 0.15) is 43.6 Å². The van der Waals surface area contributed by atoms with Crippen LogP contribution in [0.4, 0.5) is 0 Å². The minimum Gasteiger partial charge on any atom is -0.294 e. The van der Waals surface area contributed by atoms with Crippen LogP contribution in [0.5, 0.6) is 0 Å². The van der Waals surface area contributed by atoms with Crippen LogP contribution in [0.3, 0.4) is 0 Å². The Morgan fingerprint density at radius 2 is 1.75 bits per heavy atom. The number of nitrogens with zero attached hydrogens (tertiary/aromatic N) is 1. The second-order valence-corrected chi connectivity index (χ2v) is 6.85. The van der Waals surface area contributed by atoms with Gasteiger partial charge in [-0.2, -0.15) is 0 Å². The summed E-state index contributed by atoms with van der Waals surface area (Å²) < 4.78 is 0. The van der Waals surface area contributed by atoms with E-state index in [4.69, 9.17) is 0 Å². The van der Waals surface area contributed by atoms with Crippen LogP contribution in [0.25, 0.3) is 0 Å². The van der Waals surface area contributed by atoms with E-state index in [0.717, 1.165) is 9.92 Å². The number of hydrogen-bond acceptors (Lipinski definition) is 3. The van der Waals surface area contributed by atoms with Crippen LogP contribution in [0, 0.1) is 0 Å². The molecular formula is C17H19NOS. The molecule has 0 radical (unpaired) electrons. The lowest BCUT2D eigenvalue weighted by molar-refractivity contribution is 0.101. The molecule has 0 N–H and O–H groups in total. The molecule has 0 spiro atoms. The number of ketones is 1. The fourth-order valence-electron chi connectivity index (χ4n) is 1.87. The molecule has 0 atom stereocenters. The van der Waals surface area contributed by atoms with Crippen LogP contribution >= 0.6 is 11.8 Å². The van der Waals surface area contributed by atoms with E-state index in [2.05, 4.69) is 50.0 Å². The van der Waals surface area contributed by atoms with Gasteiger partial charge in [0.1, 0.15) is 5.03 Å². The number of benzene rings is 1. The van der Waals surface area contributed by atoms with Gasteiger partial charge in [-0.25, -0.2) is 4.98 Å². The summed E-state index contributed by atoms with van der Waals surface area (Å²) in [4.78, 5) is 17.0. The third kappa shape index (κ3) is 3.48. The summed E-state index contributed by atoms with van der Waals surface area (Å²) in [5.74, 6) is 0.0481. The lowest BCUT2D eigenvalue weighted by Crippen LogP contribution is -2.10. The van der Waals surface area contributed by atoms with Crippen molar-refractivity contribution in [1.82, 2.24) is 4.98 Å². The maximum absolute atomic E-state index is 11.6.